The van der Waals surface area contributed by atoms with Gasteiger partial charge in [-0.1, -0.05) is 282 Å². The lowest BCUT2D eigenvalue weighted by molar-refractivity contribution is 0.669. The normalized spacial score (nSPS) is 11.5. The van der Waals surface area contributed by atoms with E-state index in [0.717, 1.165) is 55.0 Å². The van der Waals surface area contributed by atoms with Gasteiger partial charge < -0.3 is 8.83 Å². The second kappa shape index (κ2) is 21.6. The van der Waals surface area contributed by atoms with E-state index in [4.69, 9.17) is 8.83 Å². The van der Waals surface area contributed by atoms with Crippen molar-refractivity contribution < 1.29 is 8.83 Å². The molecule has 14 aromatic rings. The maximum atomic E-state index is 6.25. The quantitative estimate of drug-likeness (QED) is 0.136. The highest BCUT2D eigenvalue weighted by atomic mass is 16.3. The molecule has 2 heteroatoms. The Bertz CT molecular complexity index is 4410. The third-order valence-electron chi connectivity index (χ3n) is 15.9. The number of rotatable bonds is 10. The van der Waals surface area contributed by atoms with Crippen LogP contribution in [-0.4, -0.2) is 0 Å². The summed E-state index contributed by atoms with van der Waals surface area (Å²) in [4.78, 5) is 0. The van der Waals surface area contributed by atoms with Gasteiger partial charge in [-0.2, -0.15) is 0 Å². The maximum absolute atomic E-state index is 6.25. The summed E-state index contributed by atoms with van der Waals surface area (Å²) in [5.41, 5.74) is 25.9. The Morgan fingerprint density at radius 3 is 0.863 bits per heavy atom. The molecule has 2 heterocycles. The predicted octanol–water partition coefficient (Wildman–Crippen LogP) is 22.8. The zero-order chi connectivity index (χ0) is 54.1. The summed E-state index contributed by atoms with van der Waals surface area (Å²) in [6.45, 7) is 8.92. The van der Waals surface area contributed by atoms with Crippen LogP contribution in [0.5, 0.6) is 0 Å². The summed E-state index contributed by atoms with van der Waals surface area (Å²) in [7, 11) is 0. The van der Waals surface area contributed by atoms with Crippen molar-refractivity contribution in [2.45, 2.75) is 39.5 Å². The summed E-state index contributed by atoms with van der Waals surface area (Å²) in [6, 6.07) is 100. The third kappa shape index (κ3) is 10.0. The van der Waals surface area contributed by atoms with Gasteiger partial charge in [0.05, 0.1) is 0 Å². The van der Waals surface area contributed by atoms with Gasteiger partial charge in [0.25, 0.3) is 0 Å². The standard InChI is InChI=1S/2C39H30O/c1-26(2)27-10-12-28(13-11-27)29-14-16-30(17-15-29)31-18-20-32(21-19-31)33-22-24-34(25-23-33)35-7-5-8-37-36-6-3-4-9-38(36)40-39(35)37;1-26(2)27-7-9-28(10-8-27)29-11-13-30(14-12-29)31-15-17-32(18-16-31)33-19-21-34(22-20-33)35-23-24-39-37(25-35)36-5-3-4-6-38(36)40-39/h2*3-26H,1-2H3. The number of hydrogen-bond acceptors (Lipinski definition) is 2. The Labute approximate surface area is 468 Å². The Morgan fingerprint density at radius 1 is 0.212 bits per heavy atom. The molecule has 0 N–H and O–H groups in total. The van der Waals surface area contributed by atoms with Gasteiger partial charge in [-0.15, -0.1) is 0 Å². The van der Waals surface area contributed by atoms with Crippen LogP contribution in [0.25, 0.3) is 133 Å². The van der Waals surface area contributed by atoms with Crippen molar-refractivity contribution >= 4 is 43.9 Å². The van der Waals surface area contributed by atoms with Gasteiger partial charge in [0.2, 0.25) is 0 Å². The van der Waals surface area contributed by atoms with E-state index in [2.05, 4.69) is 282 Å². The molecule has 0 radical (unpaired) electrons. The molecule has 14 rings (SSSR count). The lowest BCUT2D eigenvalue weighted by Gasteiger charge is -2.09. The fourth-order valence-electron chi connectivity index (χ4n) is 11.1. The lowest BCUT2D eigenvalue weighted by atomic mass is 9.96. The van der Waals surface area contributed by atoms with Crippen molar-refractivity contribution in [1.82, 2.24) is 0 Å². The molecule has 0 aliphatic carbocycles. The minimum Gasteiger partial charge on any atom is -0.456 e. The maximum Gasteiger partial charge on any atom is 0.143 e. The van der Waals surface area contributed by atoms with E-state index in [1.54, 1.807) is 0 Å². The predicted molar refractivity (Wildman–Crippen MR) is 339 cm³/mol. The first kappa shape index (κ1) is 49.8. The largest absolute Gasteiger partial charge is 0.456 e. The van der Waals surface area contributed by atoms with Crippen LogP contribution in [0.3, 0.4) is 0 Å². The van der Waals surface area contributed by atoms with Crippen LogP contribution in [0.2, 0.25) is 0 Å². The molecule has 12 aromatic carbocycles. The molecule has 0 spiro atoms. The molecule has 0 fully saturated rings. The van der Waals surface area contributed by atoms with E-state index in [0.29, 0.717) is 11.8 Å². The van der Waals surface area contributed by atoms with Crippen molar-refractivity contribution in [3.8, 4) is 89.0 Å². The molecule has 0 saturated heterocycles. The van der Waals surface area contributed by atoms with Crippen LogP contribution in [-0.2, 0) is 0 Å². The average Bonchev–Trinajstić information content (AvgIpc) is 4.28. The Kier molecular flexibility index (Phi) is 13.4. The van der Waals surface area contributed by atoms with Gasteiger partial charge in [0, 0.05) is 27.1 Å². The van der Waals surface area contributed by atoms with Gasteiger partial charge in [-0.05, 0) is 131 Å². The highest BCUT2D eigenvalue weighted by molar-refractivity contribution is 6.10. The number of hydrogen-bond donors (Lipinski definition) is 0. The van der Waals surface area contributed by atoms with E-state index in [-0.39, 0.29) is 0 Å². The number of para-hydroxylation sites is 3. The summed E-state index contributed by atoms with van der Waals surface area (Å²) in [5.74, 6) is 1.10. The van der Waals surface area contributed by atoms with Gasteiger partial charge in [-0.3, -0.25) is 0 Å². The first-order chi connectivity index (χ1) is 39.3. The van der Waals surface area contributed by atoms with Crippen LogP contribution in [0.15, 0.2) is 288 Å². The van der Waals surface area contributed by atoms with Crippen LogP contribution >= 0.6 is 0 Å². The van der Waals surface area contributed by atoms with Crippen LogP contribution in [0, 0.1) is 0 Å². The summed E-state index contributed by atoms with van der Waals surface area (Å²) in [5, 5.41) is 4.63. The monoisotopic (exact) mass is 1030 g/mol. The molecule has 0 bridgehead atoms. The fraction of sp³-hybridized carbons (Fsp3) is 0.0769. The van der Waals surface area contributed by atoms with Gasteiger partial charge in [-0.25, -0.2) is 0 Å². The topological polar surface area (TPSA) is 26.3 Å². The van der Waals surface area contributed by atoms with Gasteiger partial charge in [0.15, 0.2) is 0 Å². The number of furan rings is 2. The molecule has 0 unspecified atom stereocenters. The van der Waals surface area contributed by atoms with Crippen molar-refractivity contribution in [3.63, 3.8) is 0 Å². The van der Waals surface area contributed by atoms with Crippen molar-refractivity contribution in [1.29, 1.82) is 0 Å². The average molecular weight is 1030 g/mol. The number of benzene rings is 12. The third-order valence-corrected chi connectivity index (χ3v) is 15.9. The smallest absolute Gasteiger partial charge is 0.143 e. The molecule has 0 aliphatic heterocycles. The van der Waals surface area contributed by atoms with E-state index in [1.807, 2.05) is 24.3 Å². The van der Waals surface area contributed by atoms with Gasteiger partial charge in [0.1, 0.15) is 22.3 Å². The molecule has 2 nitrogen and oxygen atoms in total. The Morgan fingerprint density at radius 2 is 0.487 bits per heavy atom. The van der Waals surface area contributed by atoms with Crippen molar-refractivity contribution in [2.24, 2.45) is 0 Å². The van der Waals surface area contributed by atoms with Crippen LogP contribution in [0.1, 0.15) is 50.7 Å². The summed E-state index contributed by atoms with van der Waals surface area (Å²) < 4.78 is 12.3. The Hall–Kier alpha value is -9.76. The molecule has 0 saturated carbocycles. The Balaban J connectivity index is 0.000000151. The summed E-state index contributed by atoms with van der Waals surface area (Å²) in [6.07, 6.45) is 0. The molecule has 384 valence electrons. The molecule has 80 heavy (non-hydrogen) atoms. The van der Waals surface area contributed by atoms with E-state index in [9.17, 15) is 0 Å². The van der Waals surface area contributed by atoms with Crippen LogP contribution in [0.4, 0.5) is 0 Å². The zero-order valence-electron chi connectivity index (χ0n) is 45.5. The van der Waals surface area contributed by atoms with Crippen molar-refractivity contribution in [3.05, 3.63) is 290 Å². The lowest BCUT2D eigenvalue weighted by Crippen LogP contribution is -1.87. The van der Waals surface area contributed by atoms with Gasteiger partial charge >= 0.3 is 0 Å². The first-order valence-electron chi connectivity index (χ1n) is 27.9. The van der Waals surface area contributed by atoms with E-state index >= 15 is 0 Å². The van der Waals surface area contributed by atoms with Crippen molar-refractivity contribution in [2.75, 3.05) is 0 Å². The zero-order valence-corrected chi connectivity index (χ0v) is 45.5. The minimum atomic E-state index is 0.551. The first-order valence-corrected chi connectivity index (χ1v) is 27.9. The molecule has 0 aliphatic rings. The SMILES string of the molecule is CC(C)c1ccc(-c2ccc(-c3ccc(-c4ccc(-c5ccc6oc7ccccc7c6c5)cc4)cc3)cc2)cc1.CC(C)c1ccc(-c2ccc(-c3ccc(-c4ccc(-c5cccc6c5oc5ccccc56)cc4)cc3)cc2)cc1. The fourth-order valence-corrected chi connectivity index (χ4v) is 11.1. The minimum absolute atomic E-state index is 0.551. The molecule has 0 amide bonds. The molecule has 0 atom stereocenters. The second-order valence-electron chi connectivity index (χ2n) is 21.6. The molecular formula is C78H60O2. The molecule has 2 aromatic heterocycles. The number of fused-ring (bicyclic) bond motifs is 6. The summed E-state index contributed by atoms with van der Waals surface area (Å²) >= 11 is 0. The van der Waals surface area contributed by atoms with E-state index in [1.165, 1.54) is 89.0 Å². The van der Waals surface area contributed by atoms with Crippen LogP contribution < -0.4 is 0 Å². The highest BCUT2D eigenvalue weighted by Crippen LogP contribution is 2.38. The molecular weight excluding hydrogens is 969 g/mol. The van der Waals surface area contributed by atoms with E-state index < -0.39 is 0 Å². The second-order valence-corrected chi connectivity index (χ2v) is 21.6. The highest BCUT2D eigenvalue weighted by Gasteiger charge is 2.14.